The first-order chi connectivity index (χ1) is 8.86. The summed E-state index contributed by atoms with van der Waals surface area (Å²) in [4.78, 5) is 2.85. The minimum Gasteiger partial charge on any atom is -0.316 e. The van der Waals surface area contributed by atoms with E-state index in [2.05, 4.69) is 41.4 Å². The molecule has 0 saturated carbocycles. The minimum absolute atomic E-state index is 0.315. The van der Waals surface area contributed by atoms with Gasteiger partial charge in [-0.3, -0.25) is 4.90 Å². The smallest absolute Gasteiger partial charge is 0.0429 e. The second-order valence-corrected chi connectivity index (χ2v) is 6.10. The first kappa shape index (κ1) is 12.4. The maximum Gasteiger partial charge on any atom is 0.0429 e. The lowest BCUT2D eigenvalue weighted by Gasteiger charge is -2.53. The molecule has 3 atom stereocenters. The molecule has 1 N–H and O–H groups in total. The average Bonchev–Trinajstić information content (AvgIpc) is 2.47. The van der Waals surface area contributed by atoms with E-state index >= 15 is 0 Å². The molecule has 3 unspecified atom stereocenters. The summed E-state index contributed by atoms with van der Waals surface area (Å²) in [5.41, 5.74) is 0.315. The number of rotatable bonds is 2. The van der Waals surface area contributed by atoms with Crippen molar-refractivity contribution < 1.29 is 0 Å². The predicted octanol–water partition coefficient (Wildman–Crippen LogP) is 2.73. The van der Waals surface area contributed by atoms with Gasteiger partial charge in [0.25, 0.3) is 0 Å². The number of hydrogen-bond donors (Lipinski definition) is 1. The van der Waals surface area contributed by atoms with E-state index in [1.165, 1.54) is 51.7 Å². The predicted molar refractivity (Wildman–Crippen MR) is 76.6 cm³/mol. The summed E-state index contributed by atoms with van der Waals surface area (Å²) in [7, 11) is 0. The molecule has 0 radical (unpaired) electrons. The number of allylic oxidation sites excluding steroid dienone is 2. The normalized spacial score (nSPS) is 40.7. The third-order valence-electron chi connectivity index (χ3n) is 5.25. The highest BCUT2D eigenvalue weighted by molar-refractivity contribution is 5.22. The summed E-state index contributed by atoms with van der Waals surface area (Å²) in [6.07, 6.45) is 15.9. The Hall–Kier alpha value is -0.600. The molecule has 0 aromatic carbocycles. The van der Waals surface area contributed by atoms with Gasteiger partial charge in [0.2, 0.25) is 0 Å². The van der Waals surface area contributed by atoms with Crippen LogP contribution in [0.15, 0.2) is 24.3 Å². The van der Waals surface area contributed by atoms with Gasteiger partial charge in [0, 0.05) is 11.6 Å². The van der Waals surface area contributed by atoms with Gasteiger partial charge in [-0.2, -0.15) is 0 Å². The molecule has 2 saturated heterocycles. The van der Waals surface area contributed by atoms with Gasteiger partial charge >= 0.3 is 0 Å². The molecule has 2 fully saturated rings. The van der Waals surface area contributed by atoms with E-state index in [-0.39, 0.29) is 0 Å². The Morgan fingerprint density at radius 3 is 3.06 bits per heavy atom. The molecule has 0 bridgehead atoms. The van der Waals surface area contributed by atoms with Crippen molar-refractivity contribution in [2.24, 2.45) is 5.92 Å². The zero-order chi connectivity index (χ0) is 12.4. The van der Waals surface area contributed by atoms with Crippen LogP contribution in [0.2, 0.25) is 0 Å². The van der Waals surface area contributed by atoms with Crippen LogP contribution in [0.5, 0.6) is 0 Å². The van der Waals surface area contributed by atoms with Gasteiger partial charge in [-0.25, -0.2) is 0 Å². The van der Waals surface area contributed by atoms with Crippen LogP contribution in [0.4, 0.5) is 0 Å². The van der Waals surface area contributed by atoms with Crippen LogP contribution < -0.4 is 5.32 Å². The molecular formula is C16H26N2. The summed E-state index contributed by atoms with van der Waals surface area (Å²) in [5.74, 6) is 0.884. The van der Waals surface area contributed by atoms with Crippen molar-refractivity contribution in [1.29, 1.82) is 0 Å². The minimum atomic E-state index is 0.315. The number of piperidine rings is 2. The third kappa shape index (κ3) is 2.06. The highest BCUT2D eigenvalue weighted by Crippen LogP contribution is 2.38. The molecule has 3 rings (SSSR count). The average molecular weight is 246 g/mol. The monoisotopic (exact) mass is 246 g/mol. The lowest BCUT2D eigenvalue weighted by molar-refractivity contribution is -0.00307. The van der Waals surface area contributed by atoms with Crippen LogP contribution in [0.3, 0.4) is 0 Å². The van der Waals surface area contributed by atoms with Crippen molar-refractivity contribution >= 4 is 0 Å². The zero-order valence-corrected chi connectivity index (χ0v) is 11.6. The van der Waals surface area contributed by atoms with Gasteiger partial charge < -0.3 is 5.32 Å². The van der Waals surface area contributed by atoms with Gasteiger partial charge in [-0.05, 0) is 57.7 Å². The van der Waals surface area contributed by atoms with Crippen molar-refractivity contribution in [3.8, 4) is 0 Å². The molecule has 3 aliphatic rings. The highest BCUT2D eigenvalue weighted by atomic mass is 15.2. The second-order valence-electron chi connectivity index (χ2n) is 6.10. The standard InChI is InChI=1S/C16H26N2/c1-2-16(9-4-3-5-10-16)18-12-6-7-14-13-17-11-8-15(14)18/h3-5,9,14-15,17H,2,6-8,10-13H2,1H3. The topological polar surface area (TPSA) is 15.3 Å². The molecule has 0 aromatic rings. The van der Waals surface area contributed by atoms with Crippen molar-refractivity contribution in [2.45, 2.75) is 50.6 Å². The molecule has 0 aromatic heterocycles. The van der Waals surface area contributed by atoms with Crippen molar-refractivity contribution in [1.82, 2.24) is 10.2 Å². The molecule has 2 heterocycles. The van der Waals surface area contributed by atoms with Gasteiger partial charge in [0.15, 0.2) is 0 Å². The van der Waals surface area contributed by atoms with Crippen molar-refractivity contribution in [2.75, 3.05) is 19.6 Å². The van der Waals surface area contributed by atoms with Crippen LogP contribution >= 0.6 is 0 Å². The van der Waals surface area contributed by atoms with E-state index in [4.69, 9.17) is 0 Å². The summed E-state index contributed by atoms with van der Waals surface area (Å²) < 4.78 is 0. The fraction of sp³-hybridized carbons (Fsp3) is 0.750. The molecule has 2 nitrogen and oxygen atoms in total. The van der Waals surface area contributed by atoms with Crippen LogP contribution in [0.25, 0.3) is 0 Å². The van der Waals surface area contributed by atoms with E-state index in [0.717, 1.165) is 12.0 Å². The Kier molecular flexibility index (Phi) is 3.58. The third-order valence-corrected chi connectivity index (χ3v) is 5.25. The fourth-order valence-electron chi connectivity index (χ4n) is 4.19. The van der Waals surface area contributed by atoms with Gasteiger partial charge in [0.1, 0.15) is 0 Å². The second kappa shape index (κ2) is 5.18. The summed E-state index contributed by atoms with van der Waals surface area (Å²) in [6, 6.07) is 0.816. The van der Waals surface area contributed by atoms with E-state index < -0.39 is 0 Å². The zero-order valence-electron chi connectivity index (χ0n) is 11.6. The molecular weight excluding hydrogens is 220 g/mol. The Bertz CT molecular complexity index is 345. The summed E-state index contributed by atoms with van der Waals surface area (Å²) in [5, 5.41) is 3.58. The number of likely N-dealkylation sites (tertiary alicyclic amines) is 1. The molecule has 0 spiro atoms. The lowest BCUT2D eigenvalue weighted by atomic mass is 9.77. The number of fused-ring (bicyclic) bond motifs is 1. The number of nitrogens with zero attached hydrogens (tertiary/aromatic N) is 1. The van der Waals surface area contributed by atoms with Crippen LogP contribution in [-0.2, 0) is 0 Å². The van der Waals surface area contributed by atoms with Gasteiger partial charge in [-0.1, -0.05) is 31.2 Å². The first-order valence-corrected chi connectivity index (χ1v) is 7.67. The molecule has 2 aliphatic heterocycles. The van der Waals surface area contributed by atoms with Crippen LogP contribution in [0, 0.1) is 5.92 Å². The lowest BCUT2D eigenvalue weighted by Crippen LogP contribution is -2.60. The Morgan fingerprint density at radius 1 is 1.33 bits per heavy atom. The Labute approximate surface area is 111 Å². The maximum atomic E-state index is 3.58. The first-order valence-electron chi connectivity index (χ1n) is 7.67. The Balaban J connectivity index is 1.84. The fourth-order valence-corrected chi connectivity index (χ4v) is 4.19. The van der Waals surface area contributed by atoms with Crippen molar-refractivity contribution in [3.63, 3.8) is 0 Å². The SMILES string of the molecule is CCC1(N2CCCC3CNCCC32)C=CC=CC1. The van der Waals surface area contributed by atoms with Crippen molar-refractivity contribution in [3.05, 3.63) is 24.3 Å². The Morgan fingerprint density at radius 2 is 2.28 bits per heavy atom. The largest absolute Gasteiger partial charge is 0.316 e. The summed E-state index contributed by atoms with van der Waals surface area (Å²) in [6.45, 7) is 6.10. The number of nitrogens with one attached hydrogen (secondary N) is 1. The molecule has 2 heteroatoms. The molecule has 1 aliphatic carbocycles. The summed E-state index contributed by atoms with van der Waals surface area (Å²) >= 11 is 0. The van der Waals surface area contributed by atoms with Gasteiger partial charge in [0.05, 0.1) is 0 Å². The molecule has 18 heavy (non-hydrogen) atoms. The molecule has 100 valence electrons. The number of hydrogen-bond acceptors (Lipinski definition) is 2. The van der Waals surface area contributed by atoms with E-state index in [1.54, 1.807) is 0 Å². The molecule has 0 amide bonds. The maximum absolute atomic E-state index is 3.58. The van der Waals surface area contributed by atoms with E-state index in [1.807, 2.05) is 0 Å². The highest BCUT2D eigenvalue weighted by Gasteiger charge is 2.42. The van der Waals surface area contributed by atoms with E-state index in [9.17, 15) is 0 Å². The van der Waals surface area contributed by atoms with Gasteiger partial charge in [-0.15, -0.1) is 0 Å². The van der Waals surface area contributed by atoms with E-state index in [0.29, 0.717) is 5.54 Å². The quantitative estimate of drug-likeness (QED) is 0.806. The van der Waals surface area contributed by atoms with Crippen LogP contribution in [-0.4, -0.2) is 36.1 Å². The van der Waals surface area contributed by atoms with Crippen LogP contribution in [0.1, 0.15) is 39.0 Å².